The van der Waals surface area contributed by atoms with Gasteiger partial charge in [0.1, 0.15) is 195 Å². The number of rotatable bonds is 26. The summed E-state index contributed by atoms with van der Waals surface area (Å²) in [5, 5.41) is 251. The third-order valence-electron chi connectivity index (χ3n) is 18.2. The summed E-state index contributed by atoms with van der Waals surface area (Å²) in [7, 11) is 0. The smallest absolute Gasteiger partial charge is 0.217 e. The minimum absolute atomic E-state index is 0.763. The second-order valence-corrected chi connectivity index (χ2v) is 25.4. The second-order valence-electron chi connectivity index (χ2n) is 25.4. The van der Waals surface area contributed by atoms with Crippen molar-refractivity contribution in [3.05, 3.63) is 0 Å². The molecule has 0 saturated carbocycles. The van der Waals surface area contributed by atoms with E-state index in [0.29, 0.717) is 0 Å². The van der Waals surface area contributed by atoms with Gasteiger partial charge in [-0.05, 0) is 0 Å². The van der Waals surface area contributed by atoms with E-state index in [4.69, 9.17) is 71.1 Å². The third kappa shape index (κ3) is 18.7. The highest BCUT2D eigenvalue weighted by Crippen LogP contribution is 2.38. The number of hydrogen-bond donors (Lipinski definition) is 26. The zero-order chi connectivity index (χ0) is 74.5. The lowest BCUT2D eigenvalue weighted by molar-refractivity contribution is -0.390. The maximum atomic E-state index is 12.9. The van der Waals surface area contributed by atoms with Crippen molar-refractivity contribution in [2.45, 2.75) is 273 Å². The molecule has 8 rings (SSSR count). The van der Waals surface area contributed by atoms with Crippen LogP contribution < -0.4 is 21.3 Å². The summed E-state index contributed by atoms with van der Waals surface area (Å²) in [4.78, 5) is 50.1. The van der Waals surface area contributed by atoms with E-state index < -0.39 is 322 Å². The van der Waals surface area contributed by atoms with Crippen LogP contribution in [0.1, 0.15) is 27.7 Å². The van der Waals surface area contributed by atoms with E-state index in [1.165, 1.54) is 0 Å². The molecule has 0 spiro atoms. The number of nitrogens with one attached hydrogen (secondary N) is 4. The van der Waals surface area contributed by atoms with Crippen molar-refractivity contribution in [2.24, 2.45) is 0 Å². The average molecular weight is 1480 g/mol. The molecule has 8 saturated heterocycles. The van der Waals surface area contributed by atoms with Crippen molar-refractivity contribution >= 4 is 23.6 Å². The van der Waals surface area contributed by atoms with E-state index in [1.54, 1.807) is 0 Å². The lowest BCUT2D eigenvalue weighted by Crippen LogP contribution is -2.70. The topological polar surface area (TPSA) is 700 Å². The highest BCUT2D eigenvalue weighted by Gasteiger charge is 2.59. The maximum Gasteiger partial charge on any atom is 0.217 e. The molecule has 45 nitrogen and oxygen atoms in total. The number of carbonyl (C=O) groups is 4. The van der Waals surface area contributed by atoms with Crippen LogP contribution in [0.4, 0.5) is 0 Å². The Morgan fingerprint density at radius 2 is 0.545 bits per heavy atom. The molecule has 8 aliphatic rings. The Morgan fingerprint density at radius 1 is 0.257 bits per heavy atom. The number of aliphatic hydroxyl groups excluding tert-OH is 22. The molecule has 584 valence electrons. The van der Waals surface area contributed by atoms with Crippen molar-refractivity contribution in [3.63, 3.8) is 0 Å². The van der Waals surface area contributed by atoms with Crippen LogP contribution in [0.5, 0.6) is 0 Å². The fourth-order valence-corrected chi connectivity index (χ4v) is 12.9. The van der Waals surface area contributed by atoms with Gasteiger partial charge in [-0.3, -0.25) is 19.2 Å². The van der Waals surface area contributed by atoms with E-state index in [1.807, 2.05) is 0 Å². The van der Waals surface area contributed by atoms with E-state index in [9.17, 15) is 132 Å². The van der Waals surface area contributed by atoms with Crippen LogP contribution >= 0.6 is 0 Å². The van der Waals surface area contributed by atoms with Gasteiger partial charge in [0.2, 0.25) is 23.6 Å². The lowest BCUT2D eigenvalue weighted by Gasteiger charge is -2.50. The Bertz CT molecular complexity index is 2640. The first kappa shape index (κ1) is 83.0. The first-order chi connectivity index (χ1) is 47.7. The molecular weight excluding hydrogens is 1380 g/mol. The van der Waals surface area contributed by atoms with Gasteiger partial charge in [0.15, 0.2) is 50.3 Å². The highest BCUT2D eigenvalue weighted by molar-refractivity contribution is 5.74. The summed E-state index contributed by atoms with van der Waals surface area (Å²) >= 11 is 0. The molecule has 26 N–H and O–H groups in total. The van der Waals surface area contributed by atoms with Crippen LogP contribution in [0, 0.1) is 0 Å². The van der Waals surface area contributed by atoms with Crippen molar-refractivity contribution in [1.82, 2.24) is 21.3 Å². The fourth-order valence-electron chi connectivity index (χ4n) is 12.9. The van der Waals surface area contributed by atoms with Gasteiger partial charge in [-0.15, -0.1) is 0 Å². The Labute approximate surface area is 572 Å². The summed E-state index contributed by atoms with van der Waals surface area (Å²) < 4.78 is 88.2. The predicted molar refractivity (Wildman–Crippen MR) is 311 cm³/mol. The fraction of sp³-hybridized carbons (Fsp3) is 0.929. The van der Waals surface area contributed by atoms with Gasteiger partial charge >= 0.3 is 0 Å². The molecule has 8 fully saturated rings. The van der Waals surface area contributed by atoms with Gasteiger partial charge in [-0.1, -0.05) is 0 Å². The van der Waals surface area contributed by atoms with Crippen LogP contribution in [0.2, 0.25) is 0 Å². The van der Waals surface area contributed by atoms with Gasteiger partial charge in [-0.2, -0.15) is 0 Å². The van der Waals surface area contributed by atoms with Crippen LogP contribution in [0.3, 0.4) is 0 Å². The first-order valence-electron chi connectivity index (χ1n) is 32.1. The molecule has 0 radical (unpaired) electrons. The maximum absolute atomic E-state index is 12.9. The number of hydrogen-bond acceptors (Lipinski definition) is 41. The number of amides is 4. The standard InChI is InChI=1S/C56H94N4O41/c1-13(67)57-25-35(77)44(20(8-64)89-49(25)86)97-51-27(59-15(3)69)36(78)46(22(10-66)93-51)99-55-43(85)47(100-54-42(84)39(81)31(73)19(7-63)92-54)33(75)24(95-55)12-88-56-48(40(82)32(74)23(96-56)11-87-50-26(58-14(2)68)34(76)29(71)17(5-61)90-50)101-52-28(60-16(4)70)37(79)45(21(9-65)94-52)98-53-41(83)38(80)30(72)18(6-62)91-53/h17-56,61-66,71-86H,5-12H2,1-4H3,(H,57,67)(H,58,68)(H,59,69)(H,60,70)/t17-,18-,19-,20-,21-,22-,23-,24-,25-,26-,27-,28-,29-,30+,31-,32-,33-,34-,35-,36-,37-,38+,39+,40+,41-,42+,43+,44-,45-,46-,47+,48+,49?,50-,51+,52+,53+,54-,55+,56+/m1/s1. The Morgan fingerprint density at radius 3 is 0.970 bits per heavy atom. The van der Waals surface area contributed by atoms with Crippen LogP contribution in [-0.2, 0) is 90.2 Å². The Kier molecular flexibility index (Phi) is 29.9. The minimum atomic E-state index is -2.42. The molecule has 8 heterocycles. The molecule has 101 heavy (non-hydrogen) atoms. The number of aliphatic hydroxyl groups is 22. The second kappa shape index (κ2) is 36.3. The molecule has 45 heteroatoms. The van der Waals surface area contributed by atoms with Crippen LogP contribution in [0.15, 0.2) is 0 Å². The molecule has 0 bridgehead atoms. The number of ether oxygens (including phenoxy) is 15. The quantitative estimate of drug-likeness (QED) is 0.0382. The molecule has 0 aromatic rings. The largest absolute Gasteiger partial charge is 0.394 e. The summed E-state index contributed by atoms with van der Waals surface area (Å²) in [5.74, 6) is -3.38. The summed E-state index contributed by atoms with van der Waals surface area (Å²) in [6.45, 7) is -4.25. The predicted octanol–water partition coefficient (Wildman–Crippen LogP) is -17.9. The van der Waals surface area contributed by atoms with Crippen molar-refractivity contribution in [2.75, 3.05) is 52.9 Å². The molecule has 0 aromatic carbocycles. The lowest BCUT2D eigenvalue weighted by atomic mass is 9.94. The van der Waals surface area contributed by atoms with E-state index >= 15 is 0 Å². The van der Waals surface area contributed by atoms with Gasteiger partial charge in [0.05, 0.1) is 52.9 Å². The molecule has 4 amide bonds. The zero-order valence-corrected chi connectivity index (χ0v) is 54.3. The molecule has 0 aromatic heterocycles. The average Bonchev–Trinajstić information content (AvgIpc) is 0.780. The van der Waals surface area contributed by atoms with Gasteiger partial charge in [-0.25, -0.2) is 0 Å². The first-order valence-corrected chi connectivity index (χ1v) is 32.1. The molecule has 8 aliphatic heterocycles. The Hall–Kier alpha value is -3.60. The molecular formula is C56H94N4O41. The van der Waals surface area contributed by atoms with E-state index in [0.717, 1.165) is 27.7 Å². The van der Waals surface area contributed by atoms with Crippen LogP contribution in [-0.4, -0.2) is 434 Å². The van der Waals surface area contributed by atoms with Gasteiger partial charge in [0, 0.05) is 27.7 Å². The summed E-state index contributed by atoms with van der Waals surface area (Å²) in [5.41, 5.74) is 0. The van der Waals surface area contributed by atoms with Crippen molar-refractivity contribution < 1.29 is 203 Å². The number of carbonyl (C=O) groups excluding carboxylic acids is 4. The van der Waals surface area contributed by atoms with Crippen molar-refractivity contribution in [1.29, 1.82) is 0 Å². The van der Waals surface area contributed by atoms with Gasteiger partial charge < -0.3 is 205 Å². The molecule has 1 unspecified atom stereocenters. The summed E-state index contributed by atoms with van der Waals surface area (Å²) in [6, 6.07) is -6.99. The van der Waals surface area contributed by atoms with E-state index in [-0.39, 0.29) is 0 Å². The van der Waals surface area contributed by atoms with Crippen molar-refractivity contribution in [3.8, 4) is 0 Å². The highest BCUT2D eigenvalue weighted by atomic mass is 16.8. The normalized spacial score (nSPS) is 48.3. The summed E-state index contributed by atoms with van der Waals surface area (Å²) in [6.07, 6.45) is -72.6. The molecule has 40 atom stereocenters. The minimum Gasteiger partial charge on any atom is -0.394 e. The molecule has 0 aliphatic carbocycles. The van der Waals surface area contributed by atoms with E-state index in [2.05, 4.69) is 21.3 Å². The third-order valence-corrected chi connectivity index (χ3v) is 18.2. The Balaban J connectivity index is 1.13. The SMILES string of the molecule is CC(=O)N[C@H]1[C@H](O[C@H]2[C@H](O)[C@@H](NC(C)=O)C(O)O[C@@H]2CO)O[C@H](CO)[C@@H](O[C@@H]2O[C@H](CO[C@H]3O[C@H](CO[C@@H]4O[C@H](CO)[C@@H](O)[C@H](O)[C@H]4NC(C)=O)[C@@H](O)[C@H](O)[C@@H]3O[C@@H]3O[C@H](CO)[C@@H](O[C@@H]4O[C@H](CO)[C@H](O)[C@H](O)[C@H]4O)[C@H](O)[C@H]3NC(C)=O)[C@@H](O)[C@H](O[C@H]3O[C@H](CO)[C@@H](O)[C@H](O)[C@@H]3O)[C@@H]2O)[C@@H]1O. The van der Waals surface area contributed by atoms with Crippen LogP contribution in [0.25, 0.3) is 0 Å². The monoisotopic (exact) mass is 1480 g/mol. The van der Waals surface area contributed by atoms with Gasteiger partial charge in [0.25, 0.3) is 0 Å². The zero-order valence-electron chi connectivity index (χ0n) is 54.3.